The van der Waals surface area contributed by atoms with Gasteiger partial charge in [-0.2, -0.15) is 0 Å². The number of halogens is 2. The summed E-state index contributed by atoms with van der Waals surface area (Å²) in [5.74, 6) is -0.714. The Morgan fingerprint density at radius 2 is 1.86 bits per heavy atom. The first-order valence-corrected chi connectivity index (χ1v) is 13.6. The van der Waals surface area contributed by atoms with E-state index < -0.39 is 12.6 Å². The van der Waals surface area contributed by atoms with E-state index in [2.05, 4.69) is 57.4 Å². The molecule has 0 saturated carbocycles. The smallest absolute Gasteiger partial charge is 0.341 e. The zero-order chi connectivity index (χ0) is 25.7. The Bertz CT molecular complexity index is 1280. The SMILES string of the molecule is CCCCc1oc2ccc(NC(=O)CC)cc2c1C(=O)c1cc(I)c(CC)c(I)c1OCC(=O)O. The number of anilines is 1. The van der Waals surface area contributed by atoms with Crippen LogP contribution in [0, 0.1) is 7.14 Å². The highest BCUT2D eigenvalue weighted by Crippen LogP contribution is 2.38. The number of ether oxygens (including phenoxy) is 1. The van der Waals surface area contributed by atoms with Gasteiger partial charge in [0.15, 0.2) is 6.61 Å². The first-order chi connectivity index (χ1) is 16.7. The third kappa shape index (κ3) is 6.16. The van der Waals surface area contributed by atoms with Gasteiger partial charge in [-0.05, 0) is 87.9 Å². The van der Waals surface area contributed by atoms with Gasteiger partial charge in [0.25, 0.3) is 0 Å². The van der Waals surface area contributed by atoms with Crippen molar-refractivity contribution >= 4 is 79.5 Å². The van der Waals surface area contributed by atoms with E-state index in [1.165, 1.54) is 0 Å². The Morgan fingerprint density at radius 3 is 2.49 bits per heavy atom. The van der Waals surface area contributed by atoms with Gasteiger partial charge in [0.2, 0.25) is 11.7 Å². The third-order valence-corrected chi connectivity index (χ3v) is 7.66. The van der Waals surface area contributed by atoms with Crippen molar-refractivity contribution in [2.24, 2.45) is 0 Å². The number of hydrogen-bond donors (Lipinski definition) is 2. The third-order valence-electron chi connectivity index (χ3n) is 5.56. The topological polar surface area (TPSA) is 106 Å². The molecule has 3 rings (SSSR count). The first-order valence-electron chi connectivity index (χ1n) is 11.5. The lowest BCUT2D eigenvalue weighted by atomic mass is 9.96. The van der Waals surface area contributed by atoms with E-state index in [4.69, 9.17) is 9.15 Å². The summed E-state index contributed by atoms with van der Waals surface area (Å²) >= 11 is 4.31. The number of carbonyl (C=O) groups is 3. The van der Waals surface area contributed by atoms with Crippen molar-refractivity contribution in [1.82, 2.24) is 0 Å². The molecule has 0 fully saturated rings. The number of hydrogen-bond acceptors (Lipinski definition) is 5. The number of carboxylic acid groups (broad SMARTS) is 1. The van der Waals surface area contributed by atoms with Crippen molar-refractivity contribution in [3.05, 3.63) is 53.9 Å². The Morgan fingerprint density at radius 1 is 1.11 bits per heavy atom. The number of fused-ring (bicyclic) bond motifs is 1. The maximum Gasteiger partial charge on any atom is 0.341 e. The summed E-state index contributed by atoms with van der Waals surface area (Å²) in [6.45, 7) is 5.28. The normalized spacial score (nSPS) is 11.0. The number of benzene rings is 2. The van der Waals surface area contributed by atoms with Crippen LogP contribution in [0.4, 0.5) is 5.69 Å². The highest BCUT2D eigenvalue weighted by atomic mass is 127. The molecule has 9 heteroatoms. The fourth-order valence-corrected chi connectivity index (χ4v) is 6.38. The zero-order valence-corrected chi connectivity index (χ0v) is 24.1. The largest absolute Gasteiger partial charge is 0.480 e. The van der Waals surface area contributed by atoms with Gasteiger partial charge in [0, 0.05) is 27.5 Å². The number of ketones is 1. The highest BCUT2D eigenvalue weighted by Gasteiger charge is 2.28. The van der Waals surface area contributed by atoms with Crippen LogP contribution in [0.2, 0.25) is 0 Å². The minimum Gasteiger partial charge on any atom is -0.480 e. The van der Waals surface area contributed by atoms with Crippen molar-refractivity contribution in [3.8, 4) is 5.75 Å². The van der Waals surface area contributed by atoms with Crippen LogP contribution in [0.3, 0.4) is 0 Å². The first kappa shape index (κ1) is 27.4. The summed E-state index contributed by atoms with van der Waals surface area (Å²) in [4.78, 5) is 37.3. The van der Waals surface area contributed by atoms with Crippen LogP contribution in [-0.2, 0) is 22.4 Å². The summed E-state index contributed by atoms with van der Waals surface area (Å²) in [6.07, 6.45) is 3.39. The summed E-state index contributed by atoms with van der Waals surface area (Å²) in [7, 11) is 0. The number of furan rings is 1. The van der Waals surface area contributed by atoms with E-state index in [9.17, 15) is 19.5 Å². The Balaban J connectivity index is 2.23. The fourth-order valence-electron chi connectivity index (χ4n) is 3.78. The molecular weight excluding hydrogens is 676 g/mol. The number of aryl methyl sites for hydroxylation is 1. The lowest BCUT2D eigenvalue weighted by Crippen LogP contribution is -2.15. The molecule has 35 heavy (non-hydrogen) atoms. The Kier molecular flexibility index (Phi) is 9.56. The average Bonchev–Trinajstić information content (AvgIpc) is 3.18. The molecule has 0 unspecified atom stereocenters. The van der Waals surface area contributed by atoms with Gasteiger partial charge in [-0.3, -0.25) is 9.59 Å². The minimum atomic E-state index is -1.12. The zero-order valence-electron chi connectivity index (χ0n) is 19.8. The molecule has 0 atom stereocenters. The molecule has 1 heterocycles. The molecule has 0 aliphatic heterocycles. The second kappa shape index (κ2) is 12.2. The summed E-state index contributed by atoms with van der Waals surface area (Å²) in [5.41, 5.74) is 2.83. The number of amides is 1. The van der Waals surface area contributed by atoms with Crippen molar-refractivity contribution in [1.29, 1.82) is 0 Å². The van der Waals surface area contributed by atoms with Crippen molar-refractivity contribution < 1.29 is 28.6 Å². The second-order valence-electron chi connectivity index (χ2n) is 8.01. The lowest BCUT2D eigenvalue weighted by Gasteiger charge is -2.16. The lowest BCUT2D eigenvalue weighted by molar-refractivity contribution is -0.139. The molecule has 0 bridgehead atoms. The predicted octanol–water partition coefficient (Wildman–Crippen LogP) is 6.59. The van der Waals surface area contributed by atoms with Gasteiger partial charge < -0.3 is 19.6 Å². The van der Waals surface area contributed by atoms with Crippen LogP contribution >= 0.6 is 45.2 Å². The van der Waals surface area contributed by atoms with Gasteiger partial charge in [-0.1, -0.05) is 27.2 Å². The van der Waals surface area contributed by atoms with Gasteiger partial charge in [0.1, 0.15) is 17.1 Å². The number of nitrogens with one attached hydrogen (secondary N) is 1. The van der Waals surface area contributed by atoms with Crippen LogP contribution in [0.25, 0.3) is 11.0 Å². The summed E-state index contributed by atoms with van der Waals surface area (Å²) < 4.78 is 13.4. The Labute approximate surface area is 231 Å². The summed E-state index contributed by atoms with van der Waals surface area (Å²) in [6, 6.07) is 7.01. The van der Waals surface area contributed by atoms with Gasteiger partial charge in [-0.15, -0.1) is 0 Å². The van der Waals surface area contributed by atoms with Gasteiger partial charge >= 0.3 is 5.97 Å². The maximum absolute atomic E-state index is 14.1. The molecule has 7 nitrogen and oxygen atoms in total. The van der Waals surface area contributed by atoms with E-state index in [0.29, 0.717) is 52.8 Å². The monoisotopic (exact) mass is 703 g/mol. The molecule has 0 spiro atoms. The molecule has 0 aliphatic carbocycles. The van der Waals surface area contributed by atoms with Crippen LogP contribution in [0.5, 0.6) is 5.75 Å². The van der Waals surface area contributed by atoms with Crippen molar-refractivity contribution in [3.63, 3.8) is 0 Å². The second-order valence-corrected chi connectivity index (χ2v) is 10.3. The van der Waals surface area contributed by atoms with Crippen LogP contribution < -0.4 is 10.1 Å². The molecule has 1 amide bonds. The quantitative estimate of drug-likeness (QED) is 0.173. The molecule has 1 aromatic heterocycles. The van der Waals surface area contributed by atoms with E-state index in [-0.39, 0.29) is 17.4 Å². The summed E-state index contributed by atoms with van der Waals surface area (Å²) in [5, 5.41) is 12.6. The molecular formula is C26H27I2NO6. The van der Waals surface area contributed by atoms with Crippen LogP contribution in [0.15, 0.2) is 28.7 Å². The van der Waals surface area contributed by atoms with E-state index in [0.717, 1.165) is 25.5 Å². The molecule has 2 N–H and O–H groups in total. The van der Waals surface area contributed by atoms with Crippen LogP contribution in [-0.4, -0.2) is 29.4 Å². The molecule has 0 aliphatic rings. The number of carbonyl (C=O) groups excluding carboxylic acids is 2. The average molecular weight is 703 g/mol. The number of unbranched alkanes of at least 4 members (excludes halogenated alkanes) is 1. The van der Waals surface area contributed by atoms with E-state index in [1.807, 2.05) is 6.92 Å². The predicted molar refractivity (Wildman–Crippen MR) is 152 cm³/mol. The van der Waals surface area contributed by atoms with Crippen molar-refractivity contribution in [2.45, 2.75) is 52.9 Å². The number of aliphatic carboxylic acids is 1. The van der Waals surface area contributed by atoms with Crippen molar-refractivity contribution in [2.75, 3.05) is 11.9 Å². The maximum atomic E-state index is 14.1. The van der Waals surface area contributed by atoms with Gasteiger partial charge in [-0.25, -0.2) is 4.79 Å². The molecule has 0 saturated heterocycles. The standard InChI is InChI=1S/C26H27I2NO6/c1-4-7-8-20-23(16-11-14(29-21(30)6-3)9-10-19(16)35-20)25(33)17-12-18(27)15(5-2)24(28)26(17)34-13-22(31)32/h9-12H,4-8,13H2,1-3H3,(H,29,30)(H,31,32). The molecule has 3 aromatic rings. The molecule has 0 radical (unpaired) electrons. The minimum absolute atomic E-state index is 0.129. The molecule has 186 valence electrons. The van der Waals surface area contributed by atoms with Gasteiger partial charge in [0.05, 0.1) is 14.7 Å². The fraction of sp³-hybridized carbons (Fsp3) is 0.346. The van der Waals surface area contributed by atoms with Crippen LogP contribution in [0.1, 0.15) is 67.3 Å². The molecule has 2 aromatic carbocycles. The highest BCUT2D eigenvalue weighted by molar-refractivity contribution is 14.1. The number of rotatable bonds is 11. The van der Waals surface area contributed by atoms with E-state index >= 15 is 0 Å². The number of carboxylic acids is 1. The Hall–Kier alpha value is -2.15. The van der Waals surface area contributed by atoms with E-state index in [1.54, 1.807) is 31.2 Å².